The molecule has 2 fully saturated rings. The van der Waals surface area contributed by atoms with Crippen LogP contribution in [0.1, 0.15) is 62.4 Å². The molecule has 3 heterocycles. The van der Waals surface area contributed by atoms with E-state index in [2.05, 4.69) is 55.3 Å². The third-order valence-electron chi connectivity index (χ3n) is 5.42. The highest BCUT2D eigenvalue weighted by molar-refractivity contribution is 5.27. The van der Waals surface area contributed by atoms with Crippen molar-refractivity contribution in [3.05, 3.63) is 47.3 Å². The van der Waals surface area contributed by atoms with Crippen LogP contribution in [0.5, 0.6) is 0 Å². The van der Waals surface area contributed by atoms with Crippen LogP contribution in [-0.4, -0.2) is 39.1 Å². The van der Waals surface area contributed by atoms with Crippen molar-refractivity contribution >= 4 is 0 Å². The summed E-state index contributed by atoms with van der Waals surface area (Å²) in [6.07, 6.45) is 2.62. The van der Waals surface area contributed by atoms with Crippen molar-refractivity contribution in [2.45, 2.75) is 63.6 Å². The number of hydrogen-bond donors (Lipinski definition) is 1. The summed E-state index contributed by atoms with van der Waals surface area (Å²) in [6.45, 7) is 6.99. The topological polar surface area (TPSA) is 69.4 Å². The summed E-state index contributed by atoms with van der Waals surface area (Å²) in [5.41, 5.74) is 1.78. The molecular weight excluding hydrogens is 318 g/mol. The Labute approximate surface area is 147 Å². The van der Waals surface area contributed by atoms with Gasteiger partial charge in [-0.2, -0.15) is 0 Å². The van der Waals surface area contributed by atoms with Crippen molar-refractivity contribution in [2.24, 2.45) is 0 Å². The molecule has 2 aliphatic rings. The number of aliphatic hydroxyl groups is 1. The molecule has 4 atom stereocenters. The molecule has 0 radical (unpaired) electrons. The minimum Gasteiger partial charge on any atom is -0.378 e. The van der Waals surface area contributed by atoms with E-state index in [1.165, 1.54) is 5.56 Å². The molecular formula is C19H25N3O3. The molecule has 2 unspecified atom stereocenters. The number of benzene rings is 1. The van der Waals surface area contributed by atoms with Gasteiger partial charge in [-0.15, -0.1) is 5.10 Å². The Hall–Kier alpha value is -1.76. The van der Waals surface area contributed by atoms with Crippen molar-refractivity contribution in [3.63, 3.8) is 0 Å². The Morgan fingerprint density at radius 3 is 2.64 bits per heavy atom. The minimum atomic E-state index is -1.22. The predicted molar refractivity (Wildman–Crippen MR) is 92.1 cm³/mol. The second kappa shape index (κ2) is 6.20. The summed E-state index contributed by atoms with van der Waals surface area (Å²) in [5.74, 6) is 0.512. The Morgan fingerprint density at radius 2 is 1.92 bits per heavy atom. The van der Waals surface area contributed by atoms with Gasteiger partial charge in [0.1, 0.15) is 5.69 Å². The normalized spacial score (nSPS) is 30.0. The first kappa shape index (κ1) is 16.7. The first-order chi connectivity index (χ1) is 12.0. The minimum absolute atomic E-state index is 0.0350. The van der Waals surface area contributed by atoms with E-state index in [1.807, 2.05) is 6.20 Å². The Bertz CT molecular complexity index is 743. The van der Waals surface area contributed by atoms with E-state index >= 15 is 0 Å². The van der Waals surface area contributed by atoms with E-state index in [4.69, 9.17) is 9.47 Å². The van der Waals surface area contributed by atoms with Crippen LogP contribution in [0.4, 0.5) is 0 Å². The van der Waals surface area contributed by atoms with Gasteiger partial charge in [0.25, 0.3) is 0 Å². The average molecular weight is 343 g/mol. The molecule has 0 saturated carbocycles. The zero-order valence-corrected chi connectivity index (χ0v) is 14.9. The molecule has 0 amide bonds. The Balaban J connectivity index is 1.56. The first-order valence-corrected chi connectivity index (χ1v) is 8.99. The smallest absolute Gasteiger partial charge is 0.192 e. The maximum Gasteiger partial charge on any atom is 0.192 e. The largest absolute Gasteiger partial charge is 0.378 e. The Kier molecular flexibility index (Phi) is 4.14. The van der Waals surface area contributed by atoms with Crippen molar-refractivity contribution < 1.29 is 14.6 Å². The van der Waals surface area contributed by atoms with E-state index < -0.39 is 11.9 Å². The summed E-state index contributed by atoms with van der Waals surface area (Å²) < 4.78 is 13.1. The van der Waals surface area contributed by atoms with Crippen molar-refractivity contribution in [2.75, 3.05) is 6.61 Å². The number of hydrogen-bond acceptors (Lipinski definition) is 5. The summed E-state index contributed by atoms with van der Waals surface area (Å²) in [7, 11) is 0. The molecule has 6 heteroatoms. The van der Waals surface area contributed by atoms with Gasteiger partial charge in [-0.05, 0) is 36.8 Å². The van der Waals surface area contributed by atoms with Crippen LogP contribution >= 0.6 is 0 Å². The second-order valence-corrected chi connectivity index (χ2v) is 7.47. The molecule has 25 heavy (non-hydrogen) atoms. The van der Waals surface area contributed by atoms with Gasteiger partial charge in [-0.25, -0.2) is 4.68 Å². The zero-order chi connectivity index (χ0) is 17.6. The fraction of sp³-hybridized carbons (Fsp3) is 0.579. The Morgan fingerprint density at radius 1 is 1.20 bits per heavy atom. The van der Waals surface area contributed by atoms with Crippen LogP contribution in [0, 0.1) is 0 Å². The SMILES string of the molecule is CC(C)c1ccc(C(C)n2cc(C3(O)CC[C@H]4CO[C@@H]3O4)nn2)cc1. The van der Waals surface area contributed by atoms with Gasteiger partial charge in [0.05, 0.1) is 24.9 Å². The molecule has 6 nitrogen and oxygen atoms in total. The lowest BCUT2D eigenvalue weighted by molar-refractivity contribution is -0.219. The van der Waals surface area contributed by atoms with Gasteiger partial charge in [0.2, 0.25) is 0 Å². The quantitative estimate of drug-likeness (QED) is 0.924. The molecule has 1 N–H and O–H groups in total. The number of aromatic nitrogens is 3. The standard InChI is InChI=1S/C19H25N3O3/c1-12(2)14-4-6-15(7-5-14)13(3)22-10-17(20-21-22)19(23)9-8-16-11-24-18(19)25-16/h4-7,10,12-13,16,18,23H,8-9,11H2,1-3H3/t13?,16-,18+,19?/m0/s1. The predicted octanol–water partition coefficient (Wildman–Crippen LogP) is 2.73. The second-order valence-electron chi connectivity index (χ2n) is 7.47. The molecule has 4 rings (SSSR count). The lowest BCUT2D eigenvalue weighted by Crippen LogP contribution is -2.44. The van der Waals surface area contributed by atoms with Gasteiger partial charge >= 0.3 is 0 Å². The number of ether oxygens (including phenoxy) is 2. The number of nitrogens with zero attached hydrogens (tertiary/aromatic N) is 3. The summed E-state index contributed by atoms with van der Waals surface area (Å²) in [6, 6.07) is 8.61. The first-order valence-electron chi connectivity index (χ1n) is 8.99. The van der Waals surface area contributed by atoms with Crippen LogP contribution < -0.4 is 0 Å². The van der Waals surface area contributed by atoms with E-state index in [0.29, 0.717) is 24.6 Å². The lowest BCUT2D eigenvalue weighted by atomic mass is 9.90. The number of fused-ring (bicyclic) bond motifs is 2. The van der Waals surface area contributed by atoms with Gasteiger partial charge in [0, 0.05) is 0 Å². The maximum atomic E-state index is 11.0. The van der Waals surface area contributed by atoms with Crippen LogP contribution in [0.25, 0.3) is 0 Å². The van der Waals surface area contributed by atoms with Crippen molar-refractivity contribution in [1.82, 2.24) is 15.0 Å². The van der Waals surface area contributed by atoms with Gasteiger partial charge < -0.3 is 14.6 Å². The van der Waals surface area contributed by atoms with E-state index in [9.17, 15) is 5.11 Å². The fourth-order valence-corrected chi connectivity index (χ4v) is 3.57. The summed E-state index contributed by atoms with van der Waals surface area (Å²) in [4.78, 5) is 0. The summed E-state index contributed by atoms with van der Waals surface area (Å²) >= 11 is 0. The highest BCUT2D eigenvalue weighted by atomic mass is 16.7. The van der Waals surface area contributed by atoms with Crippen LogP contribution in [-0.2, 0) is 15.1 Å². The molecule has 134 valence electrons. The lowest BCUT2D eigenvalue weighted by Gasteiger charge is -2.34. The van der Waals surface area contributed by atoms with Crippen LogP contribution in [0.15, 0.2) is 30.5 Å². The van der Waals surface area contributed by atoms with E-state index in [-0.39, 0.29) is 12.1 Å². The molecule has 2 aromatic rings. The van der Waals surface area contributed by atoms with Gasteiger partial charge in [-0.3, -0.25) is 0 Å². The molecule has 2 saturated heterocycles. The zero-order valence-electron chi connectivity index (χ0n) is 14.9. The van der Waals surface area contributed by atoms with Gasteiger partial charge in [0.15, 0.2) is 11.9 Å². The van der Waals surface area contributed by atoms with Crippen LogP contribution in [0.2, 0.25) is 0 Å². The molecule has 0 spiro atoms. The maximum absolute atomic E-state index is 11.0. The average Bonchev–Trinajstić information content (AvgIpc) is 3.27. The van der Waals surface area contributed by atoms with Crippen molar-refractivity contribution in [3.8, 4) is 0 Å². The third-order valence-corrected chi connectivity index (χ3v) is 5.42. The van der Waals surface area contributed by atoms with E-state index in [0.717, 1.165) is 12.0 Å². The van der Waals surface area contributed by atoms with Gasteiger partial charge in [-0.1, -0.05) is 43.3 Å². The molecule has 1 aromatic heterocycles. The molecule has 0 aliphatic carbocycles. The number of rotatable bonds is 4. The van der Waals surface area contributed by atoms with Crippen LogP contribution in [0.3, 0.4) is 0 Å². The van der Waals surface area contributed by atoms with Crippen molar-refractivity contribution in [1.29, 1.82) is 0 Å². The third kappa shape index (κ3) is 2.88. The highest BCUT2D eigenvalue weighted by Gasteiger charge is 2.51. The fourth-order valence-electron chi connectivity index (χ4n) is 3.57. The summed E-state index contributed by atoms with van der Waals surface area (Å²) in [5, 5.41) is 19.5. The molecule has 2 bridgehead atoms. The molecule has 2 aliphatic heterocycles. The van der Waals surface area contributed by atoms with E-state index in [1.54, 1.807) is 4.68 Å². The molecule has 1 aromatic carbocycles. The monoisotopic (exact) mass is 343 g/mol. The highest BCUT2D eigenvalue weighted by Crippen LogP contribution is 2.41.